The molecule has 0 radical (unpaired) electrons. The van der Waals surface area contributed by atoms with E-state index in [1.54, 1.807) is 0 Å². The minimum atomic E-state index is -0.516. The van der Waals surface area contributed by atoms with Crippen molar-refractivity contribution in [3.63, 3.8) is 0 Å². The van der Waals surface area contributed by atoms with Crippen LogP contribution in [0.15, 0.2) is 48.5 Å². The summed E-state index contributed by atoms with van der Waals surface area (Å²) >= 11 is 0. The molecule has 0 spiro atoms. The van der Waals surface area contributed by atoms with Gasteiger partial charge >= 0.3 is 0 Å². The highest BCUT2D eigenvalue weighted by Gasteiger charge is 2.15. The molecule has 0 aliphatic heterocycles. The molecule has 0 saturated heterocycles. The fraction of sp³-hybridized carbons (Fsp3) is 0.294. The van der Waals surface area contributed by atoms with Crippen molar-refractivity contribution < 1.29 is 5.11 Å². The van der Waals surface area contributed by atoms with Gasteiger partial charge in [0.2, 0.25) is 0 Å². The van der Waals surface area contributed by atoms with Gasteiger partial charge in [0.05, 0.1) is 0 Å². The van der Waals surface area contributed by atoms with Gasteiger partial charge in [-0.05, 0) is 35.1 Å². The van der Waals surface area contributed by atoms with E-state index in [4.69, 9.17) is 0 Å². The molecule has 0 aliphatic rings. The van der Waals surface area contributed by atoms with Gasteiger partial charge in [-0.2, -0.15) is 0 Å². The molecule has 2 rings (SSSR count). The molecule has 94 valence electrons. The molecule has 1 nitrogen and oxygen atoms in total. The smallest absolute Gasteiger partial charge is 0.105 e. The van der Waals surface area contributed by atoms with E-state index in [1.807, 2.05) is 36.4 Å². The van der Waals surface area contributed by atoms with Crippen LogP contribution in [0.4, 0.5) is 0 Å². The molecule has 1 N–H and O–H groups in total. The average molecular weight is 240 g/mol. The lowest BCUT2D eigenvalue weighted by Gasteiger charge is -2.18. The molecular weight excluding hydrogens is 220 g/mol. The van der Waals surface area contributed by atoms with Crippen LogP contribution in [-0.2, 0) is 12.8 Å². The second-order valence-electron chi connectivity index (χ2n) is 4.51. The van der Waals surface area contributed by atoms with Crippen molar-refractivity contribution in [3.05, 3.63) is 70.8 Å². The Bertz CT molecular complexity index is 469. The number of rotatable bonds is 4. The predicted molar refractivity (Wildman–Crippen MR) is 75.7 cm³/mol. The number of hydrogen-bond acceptors (Lipinski definition) is 1. The maximum Gasteiger partial charge on any atom is 0.105 e. The molecule has 0 bridgehead atoms. The predicted octanol–water partition coefficient (Wildman–Crippen LogP) is 3.89. The topological polar surface area (TPSA) is 20.2 Å². The average Bonchev–Trinajstić information content (AvgIpc) is 2.46. The number of benzene rings is 2. The lowest BCUT2D eigenvalue weighted by Crippen LogP contribution is -2.06. The minimum absolute atomic E-state index is 0.516. The first-order chi connectivity index (χ1) is 8.77. The summed E-state index contributed by atoms with van der Waals surface area (Å²) in [6, 6.07) is 16.3. The Balaban J connectivity index is 2.44. The molecule has 18 heavy (non-hydrogen) atoms. The maximum absolute atomic E-state index is 10.6. The largest absolute Gasteiger partial charge is 0.384 e. The molecule has 0 aliphatic carbocycles. The van der Waals surface area contributed by atoms with Gasteiger partial charge in [-0.25, -0.2) is 0 Å². The first kappa shape index (κ1) is 12.8. The highest BCUT2D eigenvalue weighted by atomic mass is 16.3. The molecule has 0 aromatic heterocycles. The van der Waals surface area contributed by atoms with Crippen LogP contribution in [0.1, 0.15) is 42.2 Å². The van der Waals surface area contributed by atoms with E-state index in [1.165, 1.54) is 11.1 Å². The lowest BCUT2D eigenvalue weighted by atomic mass is 9.92. The third-order valence-electron chi connectivity index (χ3n) is 3.46. The minimum Gasteiger partial charge on any atom is -0.384 e. The van der Waals surface area contributed by atoms with Crippen LogP contribution < -0.4 is 0 Å². The molecular formula is C17H20O. The van der Waals surface area contributed by atoms with Gasteiger partial charge in [0.1, 0.15) is 6.10 Å². The number of aryl methyl sites for hydroxylation is 2. The van der Waals surface area contributed by atoms with Crippen molar-refractivity contribution in [1.82, 2.24) is 0 Å². The Morgan fingerprint density at radius 2 is 1.17 bits per heavy atom. The second kappa shape index (κ2) is 5.83. The molecule has 0 unspecified atom stereocenters. The Morgan fingerprint density at radius 3 is 1.56 bits per heavy atom. The summed E-state index contributed by atoms with van der Waals surface area (Å²) in [5.74, 6) is 0. The van der Waals surface area contributed by atoms with Gasteiger partial charge in [-0.1, -0.05) is 62.4 Å². The number of aliphatic hydroxyl groups excluding tert-OH is 1. The number of hydrogen-bond donors (Lipinski definition) is 1. The van der Waals surface area contributed by atoms with E-state index in [0.717, 1.165) is 24.0 Å². The van der Waals surface area contributed by atoms with E-state index in [-0.39, 0.29) is 0 Å². The van der Waals surface area contributed by atoms with Crippen molar-refractivity contribution in [2.24, 2.45) is 0 Å². The summed E-state index contributed by atoms with van der Waals surface area (Å²) in [5.41, 5.74) is 4.49. The van der Waals surface area contributed by atoms with Crippen LogP contribution in [-0.4, -0.2) is 5.11 Å². The molecule has 0 saturated carbocycles. The normalized spacial score (nSPS) is 10.9. The monoisotopic (exact) mass is 240 g/mol. The summed E-state index contributed by atoms with van der Waals surface area (Å²) in [6.45, 7) is 4.24. The third-order valence-corrected chi connectivity index (χ3v) is 3.46. The van der Waals surface area contributed by atoms with Gasteiger partial charge in [0.15, 0.2) is 0 Å². The van der Waals surface area contributed by atoms with Crippen molar-refractivity contribution in [3.8, 4) is 0 Å². The van der Waals surface area contributed by atoms with E-state index in [2.05, 4.69) is 26.0 Å². The molecule has 2 aromatic carbocycles. The fourth-order valence-corrected chi connectivity index (χ4v) is 2.41. The second-order valence-corrected chi connectivity index (χ2v) is 4.51. The highest BCUT2D eigenvalue weighted by Crippen LogP contribution is 2.27. The summed E-state index contributed by atoms with van der Waals surface area (Å²) in [4.78, 5) is 0. The first-order valence-electron chi connectivity index (χ1n) is 6.61. The van der Waals surface area contributed by atoms with Crippen molar-refractivity contribution in [2.75, 3.05) is 0 Å². The maximum atomic E-state index is 10.6. The summed E-state index contributed by atoms with van der Waals surface area (Å²) in [6.07, 6.45) is 1.38. The zero-order chi connectivity index (χ0) is 13.0. The summed E-state index contributed by atoms with van der Waals surface area (Å²) < 4.78 is 0. The zero-order valence-corrected chi connectivity index (χ0v) is 11.1. The fourth-order valence-electron chi connectivity index (χ4n) is 2.41. The first-order valence-corrected chi connectivity index (χ1v) is 6.61. The van der Waals surface area contributed by atoms with Gasteiger partial charge in [-0.15, -0.1) is 0 Å². The van der Waals surface area contributed by atoms with Gasteiger partial charge in [0, 0.05) is 0 Å². The van der Waals surface area contributed by atoms with Gasteiger partial charge in [0.25, 0.3) is 0 Å². The molecule has 0 atom stereocenters. The lowest BCUT2D eigenvalue weighted by molar-refractivity contribution is 0.218. The van der Waals surface area contributed by atoms with Gasteiger partial charge in [-0.3, -0.25) is 0 Å². The van der Waals surface area contributed by atoms with Crippen LogP contribution in [0.25, 0.3) is 0 Å². The third kappa shape index (κ3) is 2.46. The van der Waals surface area contributed by atoms with Crippen LogP contribution >= 0.6 is 0 Å². The van der Waals surface area contributed by atoms with E-state index in [9.17, 15) is 5.11 Å². The standard InChI is InChI=1S/C17H20O/c1-3-13-9-5-7-11-15(13)17(18)16-12-8-6-10-14(16)4-2/h5-12,17-18H,3-4H2,1-2H3. The van der Waals surface area contributed by atoms with Crippen molar-refractivity contribution >= 4 is 0 Å². The van der Waals surface area contributed by atoms with Gasteiger partial charge < -0.3 is 5.11 Å². The summed E-state index contributed by atoms with van der Waals surface area (Å²) in [5, 5.41) is 10.6. The molecule has 0 amide bonds. The Morgan fingerprint density at radius 1 is 0.778 bits per heavy atom. The Labute approximate surface area is 109 Å². The highest BCUT2D eigenvalue weighted by molar-refractivity contribution is 5.39. The van der Waals surface area contributed by atoms with E-state index in [0.29, 0.717) is 0 Å². The van der Waals surface area contributed by atoms with Crippen molar-refractivity contribution in [1.29, 1.82) is 0 Å². The van der Waals surface area contributed by atoms with Crippen molar-refractivity contribution in [2.45, 2.75) is 32.8 Å². The van der Waals surface area contributed by atoms with Crippen LogP contribution in [0.5, 0.6) is 0 Å². The Kier molecular flexibility index (Phi) is 4.16. The Hall–Kier alpha value is -1.60. The zero-order valence-electron chi connectivity index (χ0n) is 11.1. The SMILES string of the molecule is CCc1ccccc1C(O)c1ccccc1CC. The summed E-state index contributed by atoms with van der Waals surface area (Å²) in [7, 11) is 0. The molecule has 0 fully saturated rings. The van der Waals surface area contributed by atoms with Crippen LogP contribution in [0, 0.1) is 0 Å². The van der Waals surface area contributed by atoms with Crippen LogP contribution in [0.3, 0.4) is 0 Å². The molecule has 0 heterocycles. The quantitative estimate of drug-likeness (QED) is 0.859. The van der Waals surface area contributed by atoms with E-state index >= 15 is 0 Å². The molecule has 1 heteroatoms. The molecule has 2 aromatic rings. The number of aliphatic hydroxyl groups is 1. The van der Waals surface area contributed by atoms with Crippen LogP contribution in [0.2, 0.25) is 0 Å². The van der Waals surface area contributed by atoms with E-state index < -0.39 is 6.10 Å².